The standard InChI is InChI=1S/C21H38N/c1-3-12-19(13-4-1)22(20-14-5-2-6-15-20)17-9-11-18-10-7-8-16-21(18)22/h18-21H,1-17H2/q+1. The normalized spacial score (nSPS) is 37.6. The summed E-state index contributed by atoms with van der Waals surface area (Å²) in [4.78, 5) is 0. The van der Waals surface area contributed by atoms with E-state index in [1.54, 1.807) is 68.8 Å². The van der Waals surface area contributed by atoms with Crippen LogP contribution >= 0.6 is 0 Å². The summed E-state index contributed by atoms with van der Waals surface area (Å²) in [6, 6.07) is 3.19. The van der Waals surface area contributed by atoms with E-state index in [-0.39, 0.29) is 0 Å². The molecule has 0 aromatic rings. The molecular weight excluding hydrogens is 266 g/mol. The van der Waals surface area contributed by atoms with E-state index in [9.17, 15) is 0 Å². The molecule has 4 fully saturated rings. The maximum absolute atomic E-state index is 1.64. The maximum atomic E-state index is 1.64. The summed E-state index contributed by atoms with van der Waals surface area (Å²) >= 11 is 0. The Kier molecular flexibility index (Phi) is 4.81. The first-order chi connectivity index (χ1) is 10.9. The highest BCUT2D eigenvalue weighted by Gasteiger charge is 2.53. The van der Waals surface area contributed by atoms with Crippen molar-refractivity contribution in [1.82, 2.24) is 0 Å². The van der Waals surface area contributed by atoms with Crippen molar-refractivity contribution in [2.24, 2.45) is 5.92 Å². The van der Waals surface area contributed by atoms with Gasteiger partial charge < -0.3 is 4.48 Å². The number of hydrogen-bond donors (Lipinski definition) is 0. The molecule has 0 aromatic heterocycles. The monoisotopic (exact) mass is 304 g/mol. The zero-order valence-electron chi connectivity index (χ0n) is 14.8. The predicted octanol–water partition coefficient (Wildman–Crippen LogP) is 5.82. The molecule has 1 saturated heterocycles. The van der Waals surface area contributed by atoms with E-state index in [1.807, 2.05) is 0 Å². The van der Waals surface area contributed by atoms with E-state index in [0.717, 1.165) is 24.0 Å². The highest BCUT2D eigenvalue weighted by molar-refractivity contribution is 4.87. The average molecular weight is 305 g/mol. The topological polar surface area (TPSA) is 0 Å². The smallest absolute Gasteiger partial charge is 0.0922 e. The van der Waals surface area contributed by atoms with E-state index in [4.69, 9.17) is 0 Å². The first kappa shape index (κ1) is 15.5. The van der Waals surface area contributed by atoms with Gasteiger partial charge in [0.15, 0.2) is 0 Å². The van der Waals surface area contributed by atoms with Crippen LogP contribution in [0.3, 0.4) is 0 Å². The number of likely N-dealkylation sites (tertiary alicyclic amines) is 1. The van der Waals surface area contributed by atoms with Gasteiger partial charge in [-0.15, -0.1) is 0 Å². The van der Waals surface area contributed by atoms with Gasteiger partial charge in [-0.05, 0) is 83.5 Å². The van der Waals surface area contributed by atoms with Crippen LogP contribution in [-0.4, -0.2) is 29.2 Å². The van der Waals surface area contributed by atoms with Gasteiger partial charge in [0, 0.05) is 5.92 Å². The van der Waals surface area contributed by atoms with Crippen LogP contribution in [0.15, 0.2) is 0 Å². The molecule has 4 rings (SSSR count). The molecule has 2 unspecified atom stereocenters. The van der Waals surface area contributed by atoms with Crippen molar-refractivity contribution in [2.45, 2.75) is 121 Å². The predicted molar refractivity (Wildman–Crippen MR) is 93.9 cm³/mol. The molecule has 0 radical (unpaired) electrons. The highest BCUT2D eigenvalue weighted by atomic mass is 15.4. The number of fused-ring (bicyclic) bond motifs is 1. The van der Waals surface area contributed by atoms with Gasteiger partial charge >= 0.3 is 0 Å². The van der Waals surface area contributed by atoms with Gasteiger partial charge in [-0.2, -0.15) is 0 Å². The van der Waals surface area contributed by atoms with Gasteiger partial charge in [0.25, 0.3) is 0 Å². The third-order valence-corrected chi connectivity index (χ3v) is 8.12. The Balaban J connectivity index is 1.66. The van der Waals surface area contributed by atoms with Gasteiger partial charge in [-0.1, -0.05) is 19.3 Å². The molecule has 1 aliphatic heterocycles. The lowest BCUT2D eigenvalue weighted by molar-refractivity contribution is -1.01. The van der Waals surface area contributed by atoms with Gasteiger partial charge in [0.1, 0.15) is 0 Å². The summed E-state index contributed by atoms with van der Waals surface area (Å²) in [5.74, 6) is 1.10. The Morgan fingerprint density at radius 3 is 1.59 bits per heavy atom. The minimum Gasteiger partial charge on any atom is -0.316 e. The van der Waals surface area contributed by atoms with Gasteiger partial charge in [0.2, 0.25) is 0 Å². The van der Waals surface area contributed by atoms with E-state index in [0.29, 0.717) is 0 Å². The molecule has 3 aliphatic carbocycles. The number of nitrogens with zero attached hydrogens (tertiary/aromatic N) is 1. The Hall–Kier alpha value is -0.0400. The molecule has 0 spiro atoms. The molecule has 22 heavy (non-hydrogen) atoms. The Morgan fingerprint density at radius 2 is 0.955 bits per heavy atom. The number of piperidine rings is 1. The average Bonchev–Trinajstić information content (AvgIpc) is 2.63. The van der Waals surface area contributed by atoms with E-state index < -0.39 is 0 Å². The number of hydrogen-bond acceptors (Lipinski definition) is 0. The van der Waals surface area contributed by atoms with E-state index in [1.165, 1.54) is 44.9 Å². The zero-order chi connectivity index (χ0) is 14.8. The van der Waals surface area contributed by atoms with Crippen molar-refractivity contribution < 1.29 is 4.48 Å². The molecule has 2 atom stereocenters. The molecule has 4 aliphatic rings. The second-order valence-corrected chi connectivity index (χ2v) is 9.06. The third-order valence-electron chi connectivity index (χ3n) is 8.12. The minimum absolute atomic E-state index is 1.06. The summed E-state index contributed by atoms with van der Waals surface area (Å²) in [7, 11) is 0. The lowest BCUT2D eigenvalue weighted by Gasteiger charge is -2.61. The molecule has 0 N–H and O–H groups in total. The van der Waals surface area contributed by atoms with E-state index >= 15 is 0 Å². The summed E-state index contributed by atoms with van der Waals surface area (Å²) in [6.45, 7) is 1.57. The fourth-order valence-electron chi connectivity index (χ4n) is 7.28. The fourth-order valence-corrected chi connectivity index (χ4v) is 7.28. The molecule has 126 valence electrons. The quantitative estimate of drug-likeness (QED) is 0.564. The van der Waals surface area contributed by atoms with Crippen LogP contribution in [0.1, 0.15) is 103 Å². The van der Waals surface area contributed by atoms with Crippen molar-refractivity contribution >= 4 is 0 Å². The van der Waals surface area contributed by atoms with Gasteiger partial charge in [-0.3, -0.25) is 0 Å². The van der Waals surface area contributed by atoms with Gasteiger partial charge in [-0.25, -0.2) is 0 Å². The highest BCUT2D eigenvalue weighted by Crippen LogP contribution is 2.48. The lowest BCUT2D eigenvalue weighted by atomic mass is 9.72. The summed E-state index contributed by atoms with van der Waals surface area (Å²) in [5, 5.41) is 0. The molecule has 3 saturated carbocycles. The molecule has 1 heteroatoms. The largest absolute Gasteiger partial charge is 0.316 e. The zero-order valence-corrected chi connectivity index (χ0v) is 14.8. The first-order valence-corrected chi connectivity index (χ1v) is 10.8. The fraction of sp³-hybridized carbons (Fsp3) is 1.00. The Morgan fingerprint density at radius 1 is 0.455 bits per heavy atom. The van der Waals surface area contributed by atoms with Crippen molar-refractivity contribution in [2.75, 3.05) is 6.54 Å². The number of rotatable bonds is 2. The maximum Gasteiger partial charge on any atom is 0.0922 e. The molecule has 0 amide bonds. The Bertz CT molecular complexity index is 331. The summed E-state index contributed by atoms with van der Waals surface area (Å²) in [6.07, 6.45) is 24.8. The Labute approximate surface area is 138 Å². The molecule has 0 aromatic carbocycles. The molecular formula is C21H38N+. The second-order valence-electron chi connectivity index (χ2n) is 9.06. The summed E-state index contributed by atoms with van der Waals surface area (Å²) in [5.41, 5.74) is 0. The first-order valence-electron chi connectivity index (χ1n) is 10.8. The molecule has 1 heterocycles. The second kappa shape index (κ2) is 6.83. The van der Waals surface area contributed by atoms with E-state index in [2.05, 4.69) is 0 Å². The van der Waals surface area contributed by atoms with Crippen LogP contribution in [0.25, 0.3) is 0 Å². The van der Waals surface area contributed by atoms with Crippen molar-refractivity contribution in [3.8, 4) is 0 Å². The minimum atomic E-state index is 1.06. The van der Waals surface area contributed by atoms with Crippen molar-refractivity contribution in [1.29, 1.82) is 0 Å². The van der Waals surface area contributed by atoms with Crippen LogP contribution in [0, 0.1) is 5.92 Å². The van der Waals surface area contributed by atoms with Crippen LogP contribution in [-0.2, 0) is 0 Å². The van der Waals surface area contributed by atoms with Crippen LogP contribution in [0.4, 0.5) is 0 Å². The van der Waals surface area contributed by atoms with Crippen LogP contribution in [0.2, 0.25) is 0 Å². The molecule has 1 nitrogen and oxygen atoms in total. The molecule has 0 bridgehead atoms. The van der Waals surface area contributed by atoms with Crippen LogP contribution < -0.4 is 0 Å². The van der Waals surface area contributed by atoms with Gasteiger partial charge in [0.05, 0.1) is 24.7 Å². The summed E-state index contributed by atoms with van der Waals surface area (Å²) < 4.78 is 1.64. The third kappa shape index (κ3) is 2.66. The van der Waals surface area contributed by atoms with Crippen molar-refractivity contribution in [3.63, 3.8) is 0 Å². The number of quaternary nitrogens is 1. The van der Waals surface area contributed by atoms with Crippen LogP contribution in [0.5, 0.6) is 0 Å². The SMILES string of the molecule is C1CCC([N+]2(C3CCCCC3)CCCC3CCCCC32)CC1. The lowest BCUT2D eigenvalue weighted by Crippen LogP contribution is -2.71. The van der Waals surface area contributed by atoms with Crippen molar-refractivity contribution in [3.05, 3.63) is 0 Å².